The lowest BCUT2D eigenvalue weighted by Gasteiger charge is -2.15. The molecule has 0 radical (unpaired) electrons. The van der Waals surface area contributed by atoms with Crippen LogP contribution in [0.3, 0.4) is 0 Å². The van der Waals surface area contributed by atoms with Gasteiger partial charge in [-0.15, -0.1) is 0 Å². The molecule has 0 atom stereocenters. The number of nitrogens with one attached hydrogen (secondary N) is 2. The van der Waals surface area contributed by atoms with Crippen LogP contribution in [0.2, 0.25) is 0 Å². The second-order valence-electron chi connectivity index (χ2n) is 4.27. The molecule has 1 rings (SSSR count). The molecule has 2 N–H and O–H groups in total. The number of hydrogen-bond donors (Lipinski definition) is 2. The lowest BCUT2D eigenvalue weighted by atomic mass is 10.1. The van der Waals surface area contributed by atoms with E-state index in [9.17, 15) is 4.79 Å². The largest absolute Gasteiger partial charge is 0.344 e. The van der Waals surface area contributed by atoms with E-state index in [2.05, 4.69) is 22.5 Å². The molecule has 3 nitrogen and oxygen atoms in total. The van der Waals surface area contributed by atoms with Crippen molar-refractivity contribution in [2.45, 2.75) is 51.5 Å². The molecule has 3 heteroatoms. The lowest BCUT2D eigenvalue weighted by Crippen LogP contribution is -2.36. The Morgan fingerprint density at radius 3 is 2.50 bits per heavy atom. The maximum absolute atomic E-state index is 11.0. The first-order valence-corrected chi connectivity index (χ1v) is 6.27. The first-order chi connectivity index (χ1) is 7.83. The van der Waals surface area contributed by atoms with E-state index in [1.807, 2.05) is 0 Å². The number of hydrogen-bond acceptors (Lipinski definition) is 2. The van der Waals surface area contributed by atoms with Gasteiger partial charge < -0.3 is 10.6 Å². The second-order valence-corrected chi connectivity index (χ2v) is 4.27. The zero-order valence-corrected chi connectivity index (χ0v) is 10.1. The Kier molecular flexibility index (Phi) is 6.67. The van der Waals surface area contributed by atoms with Crippen LogP contribution in [-0.4, -0.2) is 25.0 Å². The monoisotopic (exact) mass is 222 g/mol. The van der Waals surface area contributed by atoms with E-state index >= 15 is 0 Å². The third-order valence-electron chi connectivity index (χ3n) is 2.94. The molecule has 1 saturated carbocycles. The van der Waals surface area contributed by atoms with Gasteiger partial charge in [-0.25, -0.2) is 0 Å². The minimum atomic E-state index is -0.176. The zero-order valence-electron chi connectivity index (χ0n) is 10.1. The van der Waals surface area contributed by atoms with Crippen molar-refractivity contribution in [3.05, 3.63) is 0 Å². The van der Waals surface area contributed by atoms with Crippen molar-refractivity contribution in [1.29, 1.82) is 0 Å². The zero-order chi connectivity index (χ0) is 11.6. The number of amides is 1. The normalized spacial score (nSPS) is 17.1. The third-order valence-corrected chi connectivity index (χ3v) is 2.94. The highest BCUT2D eigenvalue weighted by molar-refractivity contribution is 5.93. The maximum Gasteiger partial charge on any atom is 0.295 e. The number of carbonyl (C=O) groups is 1. The molecular formula is C13H22N2O. The van der Waals surface area contributed by atoms with Gasteiger partial charge in [0.1, 0.15) is 0 Å². The molecule has 0 aromatic carbocycles. The second kappa shape index (κ2) is 8.18. The number of carbonyl (C=O) groups excluding carboxylic acids is 1. The Bertz CT molecular complexity index is 257. The summed E-state index contributed by atoms with van der Waals surface area (Å²) in [5.74, 6) is 4.87. The highest BCUT2D eigenvalue weighted by Crippen LogP contribution is 2.16. The van der Waals surface area contributed by atoms with Crippen LogP contribution in [-0.2, 0) is 4.79 Å². The van der Waals surface area contributed by atoms with Gasteiger partial charge in [-0.1, -0.05) is 31.6 Å². The van der Waals surface area contributed by atoms with Crippen molar-refractivity contribution < 1.29 is 4.79 Å². The Hall–Kier alpha value is -1.01. The van der Waals surface area contributed by atoms with Crippen LogP contribution in [0.5, 0.6) is 0 Å². The fourth-order valence-corrected chi connectivity index (χ4v) is 2.09. The van der Waals surface area contributed by atoms with E-state index < -0.39 is 0 Å². The quantitative estimate of drug-likeness (QED) is 0.429. The first-order valence-electron chi connectivity index (χ1n) is 6.27. The summed E-state index contributed by atoms with van der Waals surface area (Å²) in [5, 5.41) is 6.26. The summed E-state index contributed by atoms with van der Waals surface area (Å²) in [6, 6.07) is 0.650. The molecule has 0 bridgehead atoms. The lowest BCUT2D eigenvalue weighted by molar-refractivity contribution is -0.115. The maximum atomic E-state index is 11.0. The average Bonchev–Trinajstić information content (AvgIpc) is 2.53. The van der Waals surface area contributed by atoms with Gasteiger partial charge in [0.15, 0.2) is 0 Å². The summed E-state index contributed by atoms with van der Waals surface area (Å²) < 4.78 is 0. The van der Waals surface area contributed by atoms with Crippen molar-refractivity contribution in [3.8, 4) is 11.8 Å². The summed E-state index contributed by atoms with van der Waals surface area (Å²) in [5.41, 5.74) is 0. The van der Waals surface area contributed by atoms with Gasteiger partial charge in [0.25, 0.3) is 5.91 Å². The molecular weight excluding hydrogens is 200 g/mol. The Balaban J connectivity index is 2.04. The van der Waals surface area contributed by atoms with Gasteiger partial charge in [-0.05, 0) is 25.7 Å². The molecule has 16 heavy (non-hydrogen) atoms. The molecule has 0 spiro atoms. The molecule has 0 aromatic heterocycles. The Morgan fingerprint density at radius 1 is 1.19 bits per heavy atom. The number of rotatable bonds is 4. The van der Waals surface area contributed by atoms with E-state index in [4.69, 9.17) is 0 Å². The predicted molar refractivity (Wildman–Crippen MR) is 66.0 cm³/mol. The van der Waals surface area contributed by atoms with Crippen molar-refractivity contribution >= 4 is 5.91 Å². The SMILES string of the molecule is CC#CC(=O)NCCNC1CCCCCC1. The third kappa shape index (κ3) is 5.77. The van der Waals surface area contributed by atoms with Gasteiger partial charge in [-0.3, -0.25) is 4.79 Å². The van der Waals surface area contributed by atoms with Crippen molar-refractivity contribution in [2.75, 3.05) is 13.1 Å². The molecule has 1 aliphatic carbocycles. The van der Waals surface area contributed by atoms with Crippen molar-refractivity contribution in [3.63, 3.8) is 0 Å². The smallest absolute Gasteiger partial charge is 0.295 e. The Labute approximate surface area is 98.4 Å². The van der Waals surface area contributed by atoms with Crippen LogP contribution < -0.4 is 10.6 Å². The van der Waals surface area contributed by atoms with Gasteiger partial charge in [-0.2, -0.15) is 0 Å². The van der Waals surface area contributed by atoms with Crippen LogP contribution in [0.4, 0.5) is 0 Å². The predicted octanol–water partition coefficient (Wildman–Crippen LogP) is 1.44. The van der Waals surface area contributed by atoms with Gasteiger partial charge in [0.05, 0.1) is 0 Å². The summed E-state index contributed by atoms with van der Waals surface area (Å²) in [7, 11) is 0. The molecule has 1 amide bonds. The molecule has 0 aliphatic heterocycles. The van der Waals surface area contributed by atoms with E-state index in [0.717, 1.165) is 6.54 Å². The molecule has 0 unspecified atom stereocenters. The van der Waals surface area contributed by atoms with Crippen molar-refractivity contribution in [2.24, 2.45) is 0 Å². The van der Waals surface area contributed by atoms with E-state index in [1.54, 1.807) is 6.92 Å². The average molecular weight is 222 g/mol. The van der Waals surface area contributed by atoms with Crippen molar-refractivity contribution in [1.82, 2.24) is 10.6 Å². The van der Waals surface area contributed by atoms with E-state index in [-0.39, 0.29) is 5.91 Å². The fraction of sp³-hybridized carbons (Fsp3) is 0.769. The summed E-state index contributed by atoms with van der Waals surface area (Å²) in [6.07, 6.45) is 7.99. The first kappa shape index (κ1) is 13.1. The summed E-state index contributed by atoms with van der Waals surface area (Å²) >= 11 is 0. The molecule has 1 fully saturated rings. The fourth-order valence-electron chi connectivity index (χ4n) is 2.09. The minimum Gasteiger partial charge on any atom is -0.344 e. The van der Waals surface area contributed by atoms with Crippen LogP contribution in [0, 0.1) is 11.8 Å². The van der Waals surface area contributed by atoms with Crippen LogP contribution >= 0.6 is 0 Å². The highest BCUT2D eigenvalue weighted by Gasteiger charge is 2.10. The standard InChI is InChI=1S/C13H22N2O/c1-2-7-13(16)15-11-10-14-12-8-5-3-4-6-9-12/h12,14H,3-6,8-11H2,1H3,(H,15,16). The summed E-state index contributed by atoms with van der Waals surface area (Å²) in [4.78, 5) is 11.0. The Morgan fingerprint density at radius 2 is 1.88 bits per heavy atom. The van der Waals surface area contributed by atoms with Gasteiger partial charge >= 0.3 is 0 Å². The van der Waals surface area contributed by atoms with E-state index in [0.29, 0.717) is 12.6 Å². The topological polar surface area (TPSA) is 41.1 Å². The molecule has 0 saturated heterocycles. The van der Waals surface area contributed by atoms with Gasteiger partial charge in [0.2, 0.25) is 0 Å². The van der Waals surface area contributed by atoms with Crippen LogP contribution in [0.25, 0.3) is 0 Å². The van der Waals surface area contributed by atoms with Gasteiger partial charge in [0, 0.05) is 19.1 Å². The molecule has 90 valence electrons. The molecule has 0 aromatic rings. The van der Waals surface area contributed by atoms with Crippen LogP contribution in [0.1, 0.15) is 45.4 Å². The summed E-state index contributed by atoms with van der Waals surface area (Å²) in [6.45, 7) is 3.19. The van der Waals surface area contributed by atoms with Crippen LogP contribution in [0.15, 0.2) is 0 Å². The minimum absolute atomic E-state index is 0.176. The highest BCUT2D eigenvalue weighted by atomic mass is 16.1. The molecule has 0 heterocycles. The molecule has 1 aliphatic rings. The van der Waals surface area contributed by atoms with E-state index in [1.165, 1.54) is 38.5 Å².